The fraction of sp³-hybridized carbons (Fsp3) is 0.562. The van der Waals surface area contributed by atoms with E-state index in [9.17, 15) is 4.79 Å². The number of hydrogen-bond donors (Lipinski definition) is 2. The molecule has 1 fully saturated rings. The highest BCUT2D eigenvalue weighted by atomic mass is 32.2. The number of nitrogen functional groups attached to an aromatic ring is 1. The van der Waals surface area contributed by atoms with E-state index in [-0.39, 0.29) is 5.91 Å². The van der Waals surface area contributed by atoms with Gasteiger partial charge in [-0.25, -0.2) is 0 Å². The second-order valence-corrected chi connectivity index (χ2v) is 6.81. The maximum Gasteiger partial charge on any atom is 0.224 e. The van der Waals surface area contributed by atoms with Crippen LogP contribution in [0.25, 0.3) is 0 Å². The number of carbonyl (C=O) groups is 1. The number of amides is 1. The Kier molecular flexibility index (Phi) is 6.25. The molecule has 0 aliphatic heterocycles. The minimum atomic E-state index is 0.0963. The van der Waals surface area contributed by atoms with Gasteiger partial charge in [-0.2, -0.15) is 11.8 Å². The number of rotatable bonds is 6. The monoisotopic (exact) mass is 292 g/mol. The molecular weight excluding hydrogens is 268 g/mol. The van der Waals surface area contributed by atoms with Crippen LogP contribution < -0.4 is 11.1 Å². The zero-order valence-corrected chi connectivity index (χ0v) is 12.8. The van der Waals surface area contributed by atoms with Crippen molar-refractivity contribution in [1.29, 1.82) is 0 Å². The van der Waals surface area contributed by atoms with E-state index < -0.39 is 0 Å². The van der Waals surface area contributed by atoms with Gasteiger partial charge in [0.15, 0.2) is 0 Å². The lowest BCUT2D eigenvalue weighted by atomic mass is 10.0. The Labute approximate surface area is 125 Å². The van der Waals surface area contributed by atoms with E-state index in [2.05, 4.69) is 17.1 Å². The molecule has 0 unspecified atom stereocenters. The number of carbonyl (C=O) groups excluding carboxylic acids is 1. The second kappa shape index (κ2) is 8.20. The van der Waals surface area contributed by atoms with Crippen molar-refractivity contribution in [2.24, 2.45) is 0 Å². The molecule has 0 radical (unpaired) electrons. The quantitative estimate of drug-likeness (QED) is 0.614. The van der Waals surface area contributed by atoms with E-state index in [1.165, 1.54) is 32.1 Å². The van der Waals surface area contributed by atoms with Crippen molar-refractivity contribution >= 4 is 29.0 Å². The highest BCUT2D eigenvalue weighted by Crippen LogP contribution is 2.28. The van der Waals surface area contributed by atoms with Gasteiger partial charge in [0.1, 0.15) is 0 Å². The molecule has 0 aromatic heterocycles. The summed E-state index contributed by atoms with van der Waals surface area (Å²) in [5.41, 5.74) is 7.15. The molecule has 3 N–H and O–H groups in total. The third-order valence-electron chi connectivity index (χ3n) is 3.65. The van der Waals surface area contributed by atoms with Crippen LogP contribution in [0.5, 0.6) is 0 Å². The molecule has 3 nitrogen and oxygen atoms in total. The average Bonchev–Trinajstić information content (AvgIpc) is 2.47. The first-order valence-corrected chi connectivity index (χ1v) is 8.56. The van der Waals surface area contributed by atoms with Crippen molar-refractivity contribution in [1.82, 2.24) is 0 Å². The van der Waals surface area contributed by atoms with Crippen molar-refractivity contribution in [2.45, 2.75) is 50.2 Å². The Bertz CT molecular complexity index is 413. The summed E-state index contributed by atoms with van der Waals surface area (Å²) in [6.45, 7) is 0. The molecule has 1 aliphatic rings. The molecule has 0 atom stereocenters. The summed E-state index contributed by atoms with van der Waals surface area (Å²) in [5.74, 6) is 1.19. The van der Waals surface area contributed by atoms with E-state index in [1.807, 2.05) is 12.1 Å². The van der Waals surface area contributed by atoms with Gasteiger partial charge in [0.05, 0.1) is 0 Å². The highest BCUT2D eigenvalue weighted by Gasteiger charge is 2.13. The lowest BCUT2D eigenvalue weighted by Crippen LogP contribution is -2.12. The predicted molar refractivity (Wildman–Crippen MR) is 88.0 cm³/mol. The van der Waals surface area contributed by atoms with Gasteiger partial charge in [0.2, 0.25) is 5.91 Å². The number of benzene rings is 1. The summed E-state index contributed by atoms with van der Waals surface area (Å²) in [6.07, 6.45) is 8.46. The summed E-state index contributed by atoms with van der Waals surface area (Å²) >= 11 is 2.05. The molecule has 1 aliphatic carbocycles. The maximum atomic E-state index is 11.8. The average molecular weight is 292 g/mol. The molecule has 1 aromatic rings. The normalized spacial score (nSPS) is 16.0. The molecule has 1 aromatic carbocycles. The van der Waals surface area contributed by atoms with Crippen LogP contribution in [0.3, 0.4) is 0 Å². The Morgan fingerprint density at radius 3 is 2.60 bits per heavy atom. The molecule has 0 heterocycles. The summed E-state index contributed by atoms with van der Waals surface area (Å²) in [4.78, 5) is 11.8. The molecule has 0 spiro atoms. The first-order valence-electron chi connectivity index (χ1n) is 7.51. The van der Waals surface area contributed by atoms with Crippen LogP contribution in [-0.4, -0.2) is 16.9 Å². The number of nitrogens with one attached hydrogen (secondary N) is 1. The molecule has 20 heavy (non-hydrogen) atoms. The van der Waals surface area contributed by atoms with Crippen molar-refractivity contribution in [3.8, 4) is 0 Å². The Hall–Kier alpha value is -1.16. The minimum absolute atomic E-state index is 0.0963. The molecule has 1 amide bonds. The van der Waals surface area contributed by atoms with Crippen LogP contribution in [-0.2, 0) is 4.79 Å². The van der Waals surface area contributed by atoms with Gasteiger partial charge in [-0.3, -0.25) is 4.79 Å². The second-order valence-electron chi connectivity index (χ2n) is 5.40. The fourth-order valence-corrected chi connectivity index (χ4v) is 3.82. The zero-order valence-electron chi connectivity index (χ0n) is 11.9. The lowest BCUT2D eigenvalue weighted by molar-refractivity contribution is -0.116. The van der Waals surface area contributed by atoms with Crippen LogP contribution in [0, 0.1) is 0 Å². The van der Waals surface area contributed by atoms with Crippen molar-refractivity contribution in [3.63, 3.8) is 0 Å². The Morgan fingerprint density at radius 1 is 1.20 bits per heavy atom. The molecule has 4 heteroatoms. The van der Waals surface area contributed by atoms with Gasteiger partial charge in [-0.15, -0.1) is 0 Å². The van der Waals surface area contributed by atoms with Gasteiger partial charge in [-0.1, -0.05) is 19.3 Å². The van der Waals surface area contributed by atoms with Crippen LogP contribution >= 0.6 is 11.8 Å². The molecule has 2 rings (SSSR count). The molecule has 0 bridgehead atoms. The largest absolute Gasteiger partial charge is 0.399 e. The SMILES string of the molecule is Nc1ccc(NC(=O)CCCSC2CCCCC2)cc1. The van der Waals surface area contributed by atoms with Gasteiger partial charge in [-0.05, 0) is 49.3 Å². The lowest BCUT2D eigenvalue weighted by Gasteiger charge is -2.20. The Balaban J connectivity index is 1.59. The Morgan fingerprint density at radius 2 is 1.90 bits per heavy atom. The van der Waals surface area contributed by atoms with Gasteiger partial charge in [0, 0.05) is 23.0 Å². The zero-order chi connectivity index (χ0) is 14.2. The summed E-state index contributed by atoms with van der Waals surface area (Å²) in [7, 11) is 0. The summed E-state index contributed by atoms with van der Waals surface area (Å²) < 4.78 is 0. The molecular formula is C16H24N2OS. The van der Waals surface area contributed by atoms with Gasteiger partial charge < -0.3 is 11.1 Å². The van der Waals surface area contributed by atoms with E-state index in [4.69, 9.17) is 5.73 Å². The van der Waals surface area contributed by atoms with Gasteiger partial charge >= 0.3 is 0 Å². The molecule has 110 valence electrons. The van der Waals surface area contributed by atoms with Crippen molar-refractivity contribution < 1.29 is 4.79 Å². The smallest absolute Gasteiger partial charge is 0.224 e. The summed E-state index contributed by atoms with van der Waals surface area (Å²) in [5, 5.41) is 3.74. The standard InChI is InChI=1S/C16H24N2OS/c17-13-8-10-14(11-9-13)18-16(19)7-4-12-20-15-5-2-1-3-6-15/h8-11,15H,1-7,12,17H2,(H,18,19). The maximum absolute atomic E-state index is 11.8. The van der Waals surface area contributed by atoms with Crippen molar-refractivity contribution in [3.05, 3.63) is 24.3 Å². The van der Waals surface area contributed by atoms with Crippen LogP contribution in [0.15, 0.2) is 24.3 Å². The number of hydrogen-bond acceptors (Lipinski definition) is 3. The third-order valence-corrected chi connectivity index (χ3v) is 5.12. The van der Waals surface area contributed by atoms with Gasteiger partial charge in [0.25, 0.3) is 0 Å². The third kappa shape index (κ3) is 5.45. The van der Waals surface area contributed by atoms with E-state index in [0.29, 0.717) is 12.1 Å². The van der Waals surface area contributed by atoms with E-state index >= 15 is 0 Å². The minimum Gasteiger partial charge on any atom is -0.399 e. The molecule has 1 saturated carbocycles. The van der Waals surface area contributed by atoms with E-state index in [1.54, 1.807) is 12.1 Å². The van der Waals surface area contributed by atoms with Crippen LogP contribution in [0.1, 0.15) is 44.9 Å². The number of nitrogens with two attached hydrogens (primary N) is 1. The van der Waals surface area contributed by atoms with E-state index in [0.717, 1.165) is 23.1 Å². The first kappa shape index (κ1) is 15.2. The molecule has 0 saturated heterocycles. The predicted octanol–water partition coefficient (Wildman–Crippen LogP) is 4.05. The van der Waals surface area contributed by atoms with Crippen LogP contribution in [0.4, 0.5) is 11.4 Å². The topological polar surface area (TPSA) is 55.1 Å². The van der Waals surface area contributed by atoms with Crippen LogP contribution in [0.2, 0.25) is 0 Å². The summed E-state index contributed by atoms with van der Waals surface area (Å²) in [6, 6.07) is 7.27. The fourth-order valence-electron chi connectivity index (χ4n) is 2.50. The number of anilines is 2. The number of thioether (sulfide) groups is 1. The highest BCUT2D eigenvalue weighted by molar-refractivity contribution is 7.99. The first-order chi connectivity index (χ1) is 9.74. The van der Waals surface area contributed by atoms with Crippen molar-refractivity contribution in [2.75, 3.05) is 16.8 Å².